The van der Waals surface area contributed by atoms with Crippen molar-refractivity contribution < 1.29 is 4.79 Å². The van der Waals surface area contributed by atoms with Gasteiger partial charge in [0.05, 0.1) is 11.4 Å². The summed E-state index contributed by atoms with van der Waals surface area (Å²) >= 11 is 5.23. The Kier molecular flexibility index (Phi) is 4.63. The predicted octanol–water partition coefficient (Wildman–Crippen LogP) is 5.25. The largest absolute Gasteiger partial charge is 0.306 e. The van der Waals surface area contributed by atoms with Crippen LogP contribution in [0.2, 0.25) is 0 Å². The van der Waals surface area contributed by atoms with Gasteiger partial charge in [-0.3, -0.25) is 4.79 Å². The number of anilines is 1. The van der Waals surface area contributed by atoms with Crippen molar-refractivity contribution in [3.05, 3.63) is 74.9 Å². The van der Waals surface area contributed by atoms with Crippen molar-refractivity contribution in [1.82, 2.24) is 9.78 Å². The fourth-order valence-electron chi connectivity index (χ4n) is 3.18. The van der Waals surface area contributed by atoms with Crippen LogP contribution in [0.15, 0.2) is 46.9 Å². The van der Waals surface area contributed by atoms with Gasteiger partial charge in [0.25, 0.3) is 5.91 Å². The molecule has 1 aliphatic heterocycles. The Bertz CT molecular complexity index is 975. The summed E-state index contributed by atoms with van der Waals surface area (Å²) in [5.41, 5.74) is 6.14. The van der Waals surface area contributed by atoms with Gasteiger partial charge in [0.15, 0.2) is 0 Å². The van der Waals surface area contributed by atoms with E-state index in [0.717, 1.165) is 38.7 Å². The minimum Gasteiger partial charge on any atom is -0.306 e. The molecule has 1 aliphatic rings. The van der Waals surface area contributed by atoms with Crippen LogP contribution in [0.3, 0.4) is 0 Å². The third kappa shape index (κ3) is 3.31. The Balaban J connectivity index is 1.75. The van der Waals surface area contributed by atoms with Crippen LogP contribution in [0.1, 0.15) is 32.7 Å². The molecule has 0 spiro atoms. The highest BCUT2D eigenvalue weighted by atomic mass is 79.9. The average Bonchev–Trinajstić information content (AvgIpc) is 3.17. The minimum atomic E-state index is -0.122. The number of hydrogen-bond donors (Lipinski definition) is 1. The van der Waals surface area contributed by atoms with Gasteiger partial charge in [0.2, 0.25) is 0 Å². The number of fused-ring (bicyclic) bond motifs is 1. The number of carbonyl (C=O) groups excluding carboxylic acids is 1. The summed E-state index contributed by atoms with van der Waals surface area (Å²) in [6, 6.07) is 13.7. The molecule has 0 saturated carbocycles. The van der Waals surface area contributed by atoms with Gasteiger partial charge in [-0.05, 0) is 61.4 Å². The van der Waals surface area contributed by atoms with Crippen molar-refractivity contribution in [3.8, 4) is 5.69 Å². The molecule has 132 valence electrons. The minimum absolute atomic E-state index is 0.122. The lowest BCUT2D eigenvalue weighted by molar-refractivity contribution is 0.102. The molecule has 0 unspecified atom stereocenters. The normalized spacial score (nSPS) is 12.9. The van der Waals surface area contributed by atoms with Crippen LogP contribution in [0.5, 0.6) is 0 Å². The number of carbonyl (C=O) groups is 1. The molecule has 0 atom stereocenters. The molecule has 1 aromatic heterocycles. The van der Waals surface area contributed by atoms with Crippen LogP contribution in [0, 0.1) is 13.8 Å². The van der Waals surface area contributed by atoms with E-state index in [0.29, 0.717) is 5.56 Å². The van der Waals surface area contributed by atoms with Gasteiger partial charge in [-0.2, -0.15) is 16.9 Å². The topological polar surface area (TPSA) is 46.9 Å². The quantitative estimate of drug-likeness (QED) is 0.620. The summed E-state index contributed by atoms with van der Waals surface area (Å²) in [6.07, 6.45) is 0. The third-order valence-electron chi connectivity index (χ3n) is 4.34. The van der Waals surface area contributed by atoms with Crippen LogP contribution in [-0.4, -0.2) is 15.7 Å². The third-order valence-corrected chi connectivity index (χ3v) is 5.84. The average molecular weight is 428 g/mol. The number of aromatic nitrogens is 2. The lowest BCUT2D eigenvalue weighted by Gasteiger charge is -2.12. The number of benzene rings is 2. The fraction of sp³-hybridized carbons (Fsp3) is 0.200. The molecule has 0 fully saturated rings. The summed E-state index contributed by atoms with van der Waals surface area (Å²) < 4.78 is 2.83. The van der Waals surface area contributed by atoms with Gasteiger partial charge in [0, 0.05) is 27.1 Å². The summed E-state index contributed by atoms with van der Waals surface area (Å²) in [6.45, 7) is 4.15. The molecule has 0 bridgehead atoms. The summed E-state index contributed by atoms with van der Waals surface area (Å²) in [4.78, 5) is 12.8. The van der Waals surface area contributed by atoms with Crippen LogP contribution < -0.4 is 5.32 Å². The van der Waals surface area contributed by atoms with Crippen molar-refractivity contribution in [2.24, 2.45) is 0 Å². The molecule has 2 heterocycles. The second-order valence-electron chi connectivity index (χ2n) is 6.49. The van der Waals surface area contributed by atoms with E-state index >= 15 is 0 Å². The maximum atomic E-state index is 12.8. The molecular weight excluding hydrogens is 410 g/mol. The molecule has 3 aromatic rings. The van der Waals surface area contributed by atoms with E-state index in [9.17, 15) is 4.79 Å². The molecule has 1 N–H and O–H groups in total. The second kappa shape index (κ2) is 6.93. The fourth-order valence-corrected chi connectivity index (χ4v) is 4.48. The maximum absolute atomic E-state index is 12.8. The predicted molar refractivity (Wildman–Crippen MR) is 110 cm³/mol. The van der Waals surface area contributed by atoms with Crippen molar-refractivity contribution in [2.75, 3.05) is 5.32 Å². The zero-order chi connectivity index (χ0) is 18.3. The van der Waals surface area contributed by atoms with Crippen molar-refractivity contribution in [2.45, 2.75) is 25.4 Å². The van der Waals surface area contributed by atoms with E-state index < -0.39 is 0 Å². The summed E-state index contributed by atoms with van der Waals surface area (Å²) in [5.74, 6) is 2.41. The Labute approximate surface area is 165 Å². The van der Waals surface area contributed by atoms with Crippen LogP contribution in [0.4, 0.5) is 5.82 Å². The highest BCUT2D eigenvalue weighted by Crippen LogP contribution is 2.36. The molecule has 6 heteroatoms. The Morgan fingerprint density at radius 3 is 2.50 bits per heavy atom. The highest BCUT2D eigenvalue weighted by molar-refractivity contribution is 9.10. The molecule has 2 aromatic carbocycles. The number of hydrogen-bond acceptors (Lipinski definition) is 3. The molecule has 26 heavy (non-hydrogen) atoms. The SMILES string of the molecule is Cc1cc(C)cc(-n2nc3c(c2NC(=O)c2ccc(Br)cc2)CSC3)c1. The van der Waals surface area contributed by atoms with Gasteiger partial charge in [-0.25, -0.2) is 4.68 Å². The first-order chi connectivity index (χ1) is 12.5. The number of aryl methyl sites for hydroxylation is 2. The summed E-state index contributed by atoms with van der Waals surface area (Å²) in [5, 5.41) is 7.87. The van der Waals surface area contributed by atoms with Gasteiger partial charge in [-0.1, -0.05) is 22.0 Å². The second-order valence-corrected chi connectivity index (χ2v) is 8.39. The van der Waals surface area contributed by atoms with Crippen molar-refractivity contribution >= 4 is 39.4 Å². The van der Waals surface area contributed by atoms with E-state index in [1.165, 1.54) is 11.1 Å². The van der Waals surface area contributed by atoms with Crippen LogP contribution in [0.25, 0.3) is 5.69 Å². The molecule has 1 amide bonds. The van der Waals surface area contributed by atoms with E-state index in [-0.39, 0.29) is 5.91 Å². The number of nitrogens with zero attached hydrogens (tertiary/aromatic N) is 2. The standard InChI is InChI=1S/C20H18BrN3OS/c1-12-7-13(2)9-16(8-12)24-19(17-10-26-11-18(17)23-24)22-20(25)14-3-5-15(21)6-4-14/h3-9H,10-11H2,1-2H3,(H,22,25). The number of thioether (sulfide) groups is 1. The number of halogens is 1. The highest BCUT2D eigenvalue weighted by Gasteiger charge is 2.25. The first-order valence-electron chi connectivity index (χ1n) is 8.35. The van der Waals surface area contributed by atoms with Crippen molar-refractivity contribution in [1.29, 1.82) is 0 Å². The molecule has 4 nitrogen and oxygen atoms in total. The van der Waals surface area contributed by atoms with Gasteiger partial charge >= 0.3 is 0 Å². The van der Waals surface area contributed by atoms with Gasteiger partial charge in [0.1, 0.15) is 5.82 Å². The lowest BCUT2D eigenvalue weighted by atomic mass is 10.1. The zero-order valence-electron chi connectivity index (χ0n) is 14.5. The van der Waals surface area contributed by atoms with E-state index in [1.54, 1.807) is 0 Å². The van der Waals surface area contributed by atoms with E-state index in [1.807, 2.05) is 40.7 Å². The van der Waals surface area contributed by atoms with Gasteiger partial charge < -0.3 is 5.32 Å². The molecule has 0 radical (unpaired) electrons. The number of amides is 1. The number of rotatable bonds is 3. The monoisotopic (exact) mass is 427 g/mol. The van der Waals surface area contributed by atoms with Crippen LogP contribution in [-0.2, 0) is 11.5 Å². The van der Waals surface area contributed by atoms with Gasteiger partial charge in [-0.15, -0.1) is 0 Å². The van der Waals surface area contributed by atoms with E-state index in [4.69, 9.17) is 5.10 Å². The molecule has 0 saturated heterocycles. The first-order valence-corrected chi connectivity index (χ1v) is 10.3. The Morgan fingerprint density at radius 2 is 1.81 bits per heavy atom. The Hall–Kier alpha value is -2.05. The smallest absolute Gasteiger partial charge is 0.256 e. The van der Waals surface area contributed by atoms with E-state index in [2.05, 4.69) is 53.3 Å². The van der Waals surface area contributed by atoms with Crippen molar-refractivity contribution in [3.63, 3.8) is 0 Å². The zero-order valence-corrected chi connectivity index (χ0v) is 16.9. The summed E-state index contributed by atoms with van der Waals surface area (Å²) in [7, 11) is 0. The lowest BCUT2D eigenvalue weighted by Crippen LogP contribution is -2.16. The van der Waals surface area contributed by atoms with Crippen LogP contribution >= 0.6 is 27.7 Å². The first kappa shape index (κ1) is 17.4. The molecule has 4 rings (SSSR count). The molecular formula is C20H18BrN3OS. The maximum Gasteiger partial charge on any atom is 0.256 e. The Morgan fingerprint density at radius 1 is 1.12 bits per heavy atom. The number of nitrogens with one attached hydrogen (secondary N) is 1. The molecule has 0 aliphatic carbocycles.